The van der Waals surface area contributed by atoms with Crippen LogP contribution in [0.1, 0.15) is 29.5 Å². The zero-order chi connectivity index (χ0) is 25.0. The highest BCUT2D eigenvalue weighted by Gasteiger charge is 2.54. The van der Waals surface area contributed by atoms with E-state index >= 15 is 0 Å². The number of urea groups is 1. The Bertz CT molecular complexity index is 1190. The average Bonchev–Trinajstić information content (AvgIpc) is 3.19. The van der Waals surface area contributed by atoms with E-state index < -0.39 is 17.5 Å². The van der Waals surface area contributed by atoms with E-state index in [0.717, 1.165) is 23.3 Å². The van der Waals surface area contributed by atoms with Gasteiger partial charge in [0, 0.05) is 25.2 Å². The van der Waals surface area contributed by atoms with Gasteiger partial charge < -0.3 is 15.4 Å². The molecule has 2 aliphatic heterocycles. The van der Waals surface area contributed by atoms with E-state index in [1.165, 1.54) is 0 Å². The molecule has 2 heterocycles. The minimum absolute atomic E-state index is 0.246. The van der Waals surface area contributed by atoms with Crippen LogP contribution in [0.4, 0.5) is 4.79 Å². The highest BCUT2D eigenvalue weighted by atomic mass is 16.5. The number of nitrogens with zero attached hydrogens (tertiary/aromatic N) is 1. The molecule has 7 heteroatoms. The molecule has 3 aromatic carbocycles. The van der Waals surface area contributed by atoms with Gasteiger partial charge in [-0.05, 0) is 29.5 Å². The zero-order valence-electron chi connectivity index (χ0n) is 20.0. The molecule has 0 aliphatic carbocycles. The van der Waals surface area contributed by atoms with Crippen LogP contribution in [0.5, 0.6) is 0 Å². The number of nitrogens with one attached hydrogen (secondary N) is 2. The van der Waals surface area contributed by atoms with Crippen LogP contribution in [0.3, 0.4) is 0 Å². The first kappa shape index (κ1) is 23.8. The maximum Gasteiger partial charge on any atom is 0.326 e. The fraction of sp³-hybridized carbons (Fsp3) is 0.276. The number of amides is 4. The van der Waals surface area contributed by atoms with Gasteiger partial charge in [0.2, 0.25) is 5.91 Å². The molecule has 0 radical (unpaired) electrons. The van der Waals surface area contributed by atoms with Crippen LogP contribution in [0.15, 0.2) is 91.0 Å². The first-order valence-corrected chi connectivity index (χ1v) is 12.2. The van der Waals surface area contributed by atoms with Crippen molar-refractivity contribution in [2.24, 2.45) is 0 Å². The fourth-order valence-electron chi connectivity index (χ4n) is 5.24. The van der Waals surface area contributed by atoms with Crippen LogP contribution in [-0.2, 0) is 25.3 Å². The lowest BCUT2D eigenvalue weighted by molar-refractivity contribution is -0.134. The van der Waals surface area contributed by atoms with Crippen LogP contribution < -0.4 is 10.6 Å². The van der Waals surface area contributed by atoms with Crippen molar-refractivity contribution in [3.05, 3.63) is 108 Å². The summed E-state index contributed by atoms with van der Waals surface area (Å²) in [5.74, 6) is -0.846. The van der Waals surface area contributed by atoms with Crippen molar-refractivity contribution < 1.29 is 19.1 Å². The smallest absolute Gasteiger partial charge is 0.326 e. The standard InChI is InChI=1S/C29H29N3O4/c33-25(30-21-28(16-18-36-19-17-28)22-10-4-1-5-11-22)20-32-26(34)29(31-27(32)35,23-12-6-2-7-13-23)24-14-8-3-9-15-24/h1-15H,16-21H2,(H,30,33)(H,31,35). The summed E-state index contributed by atoms with van der Waals surface area (Å²) in [6, 6.07) is 27.8. The Morgan fingerprint density at radius 2 is 1.31 bits per heavy atom. The van der Waals surface area contributed by atoms with E-state index in [4.69, 9.17) is 4.74 Å². The maximum atomic E-state index is 13.8. The Kier molecular flexibility index (Phi) is 6.57. The number of ether oxygens (including phenoxy) is 1. The Labute approximate surface area is 210 Å². The van der Waals surface area contributed by atoms with Gasteiger partial charge in [-0.2, -0.15) is 0 Å². The molecule has 2 saturated heterocycles. The average molecular weight is 484 g/mol. The number of imide groups is 1. The molecule has 2 aliphatic rings. The normalized spacial score (nSPS) is 18.5. The first-order valence-electron chi connectivity index (χ1n) is 12.2. The van der Waals surface area contributed by atoms with Crippen molar-refractivity contribution >= 4 is 17.8 Å². The summed E-state index contributed by atoms with van der Waals surface area (Å²) in [6.45, 7) is 1.29. The predicted octanol–water partition coefficient (Wildman–Crippen LogP) is 3.35. The first-order chi connectivity index (χ1) is 17.6. The van der Waals surface area contributed by atoms with Crippen LogP contribution in [-0.4, -0.2) is 49.0 Å². The van der Waals surface area contributed by atoms with Crippen molar-refractivity contribution in [1.82, 2.24) is 15.5 Å². The third-order valence-corrected chi connectivity index (χ3v) is 7.28. The third-order valence-electron chi connectivity index (χ3n) is 7.28. The Morgan fingerprint density at radius 1 is 0.806 bits per heavy atom. The lowest BCUT2D eigenvalue weighted by Gasteiger charge is -2.38. The highest BCUT2D eigenvalue weighted by molar-refractivity contribution is 6.11. The van der Waals surface area contributed by atoms with Crippen LogP contribution >= 0.6 is 0 Å². The number of hydrogen-bond acceptors (Lipinski definition) is 4. The van der Waals surface area contributed by atoms with Gasteiger partial charge >= 0.3 is 6.03 Å². The quantitative estimate of drug-likeness (QED) is 0.505. The molecule has 5 rings (SSSR count). The summed E-state index contributed by atoms with van der Waals surface area (Å²) in [4.78, 5) is 41.0. The number of benzene rings is 3. The molecular weight excluding hydrogens is 454 g/mol. The second-order valence-corrected chi connectivity index (χ2v) is 9.34. The van der Waals surface area contributed by atoms with E-state index in [-0.39, 0.29) is 17.9 Å². The second-order valence-electron chi connectivity index (χ2n) is 9.34. The van der Waals surface area contributed by atoms with Gasteiger partial charge in [-0.3, -0.25) is 14.5 Å². The minimum atomic E-state index is -1.38. The van der Waals surface area contributed by atoms with E-state index in [1.807, 2.05) is 78.9 Å². The number of hydrogen-bond donors (Lipinski definition) is 2. The minimum Gasteiger partial charge on any atom is -0.381 e. The van der Waals surface area contributed by atoms with Gasteiger partial charge in [0.1, 0.15) is 6.54 Å². The summed E-state index contributed by atoms with van der Waals surface area (Å²) >= 11 is 0. The molecule has 4 amide bonds. The Balaban J connectivity index is 1.36. The topological polar surface area (TPSA) is 87.7 Å². The largest absolute Gasteiger partial charge is 0.381 e. The van der Waals surface area contributed by atoms with Gasteiger partial charge in [-0.15, -0.1) is 0 Å². The Morgan fingerprint density at radius 3 is 1.83 bits per heavy atom. The van der Waals surface area contributed by atoms with Crippen molar-refractivity contribution in [3.63, 3.8) is 0 Å². The van der Waals surface area contributed by atoms with Gasteiger partial charge in [0.25, 0.3) is 5.91 Å². The molecule has 2 N–H and O–H groups in total. The molecule has 2 fully saturated rings. The lowest BCUT2D eigenvalue weighted by atomic mass is 9.74. The molecule has 7 nitrogen and oxygen atoms in total. The molecule has 3 aromatic rings. The molecule has 0 bridgehead atoms. The number of carbonyl (C=O) groups excluding carboxylic acids is 3. The maximum absolute atomic E-state index is 13.8. The summed E-state index contributed by atoms with van der Waals surface area (Å²) < 4.78 is 5.58. The predicted molar refractivity (Wildman–Crippen MR) is 135 cm³/mol. The van der Waals surface area contributed by atoms with Crippen molar-refractivity contribution in [2.45, 2.75) is 23.8 Å². The van der Waals surface area contributed by atoms with Crippen molar-refractivity contribution in [3.8, 4) is 0 Å². The molecule has 0 saturated carbocycles. The number of rotatable bonds is 7. The van der Waals surface area contributed by atoms with Gasteiger partial charge in [0.05, 0.1) is 0 Å². The van der Waals surface area contributed by atoms with Crippen molar-refractivity contribution in [2.75, 3.05) is 26.3 Å². The van der Waals surface area contributed by atoms with Crippen LogP contribution in [0, 0.1) is 0 Å². The SMILES string of the molecule is O=C(CN1C(=O)NC(c2ccccc2)(c2ccccc2)C1=O)NCC1(c2ccccc2)CCOCC1. The van der Waals surface area contributed by atoms with E-state index in [9.17, 15) is 14.4 Å². The fourth-order valence-corrected chi connectivity index (χ4v) is 5.24. The summed E-state index contributed by atoms with van der Waals surface area (Å²) in [6.07, 6.45) is 1.57. The van der Waals surface area contributed by atoms with Crippen LogP contribution in [0.25, 0.3) is 0 Å². The summed E-state index contributed by atoms with van der Waals surface area (Å²) in [7, 11) is 0. The molecule has 184 valence electrons. The zero-order valence-corrected chi connectivity index (χ0v) is 20.0. The highest BCUT2D eigenvalue weighted by Crippen LogP contribution is 2.36. The lowest BCUT2D eigenvalue weighted by Crippen LogP contribution is -2.48. The van der Waals surface area contributed by atoms with Gasteiger partial charge in [0.15, 0.2) is 5.54 Å². The second kappa shape index (κ2) is 9.95. The van der Waals surface area contributed by atoms with E-state index in [1.54, 1.807) is 0 Å². The molecule has 0 atom stereocenters. The Hall–Kier alpha value is -3.97. The monoisotopic (exact) mass is 483 g/mol. The summed E-state index contributed by atoms with van der Waals surface area (Å²) in [5, 5.41) is 5.88. The van der Waals surface area contributed by atoms with E-state index in [2.05, 4.69) is 22.8 Å². The van der Waals surface area contributed by atoms with Gasteiger partial charge in [-0.1, -0.05) is 91.0 Å². The van der Waals surface area contributed by atoms with Gasteiger partial charge in [-0.25, -0.2) is 4.79 Å². The molecule has 0 aromatic heterocycles. The molecule has 0 spiro atoms. The molecular formula is C29H29N3O4. The molecule has 36 heavy (non-hydrogen) atoms. The van der Waals surface area contributed by atoms with Crippen molar-refractivity contribution in [1.29, 1.82) is 0 Å². The summed E-state index contributed by atoms with van der Waals surface area (Å²) in [5.41, 5.74) is 0.803. The molecule has 0 unspecified atom stereocenters. The van der Waals surface area contributed by atoms with E-state index in [0.29, 0.717) is 30.9 Å². The third kappa shape index (κ3) is 4.27. The van der Waals surface area contributed by atoms with Crippen LogP contribution in [0.2, 0.25) is 0 Å². The number of carbonyl (C=O) groups is 3.